The van der Waals surface area contributed by atoms with Crippen LogP contribution in [0.15, 0.2) is 6.07 Å². The van der Waals surface area contributed by atoms with Gasteiger partial charge in [0.15, 0.2) is 5.75 Å². The maximum absolute atomic E-state index is 12.2. The molecule has 1 aromatic rings. The Bertz CT molecular complexity index is 545. The number of nitro groups is 1. The van der Waals surface area contributed by atoms with Gasteiger partial charge in [0.2, 0.25) is 5.69 Å². The molecule has 110 valence electrons. The fraction of sp³-hybridized carbons (Fsp3) is 0.333. The van der Waals surface area contributed by atoms with Gasteiger partial charge >= 0.3 is 18.0 Å². The molecular weight excluding hydrogens is 289 g/mol. The molecule has 1 heterocycles. The molecule has 0 aliphatic heterocycles. The van der Waals surface area contributed by atoms with E-state index in [1.165, 1.54) is 0 Å². The van der Waals surface area contributed by atoms with E-state index in [2.05, 4.69) is 19.2 Å². The molecular formula is C9H7F3N2O6. The molecule has 1 aromatic heterocycles. The average Bonchev–Trinajstić information content (AvgIpc) is 2.35. The van der Waals surface area contributed by atoms with Gasteiger partial charge in [0.25, 0.3) is 5.88 Å². The van der Waals surface area contributed by atoms with Crippen molar-refractivity contribution >= 4 is 11.7 Å². The summed E-state index contributed by atoms with van der Waals surface area (Å²) in [4.78, 5) is 24.2. The van der Waals surface area contributed by atoms with Crippen molar-refractivity contribution in [3.05, 3.63) is 21.9 Å². The van der Waals surface area contributed by atoms with Crippen LogP contribution in [0.2, 0.25) is 0 Å². The highest BCUT2D eigenvalue weighted by atomic mass is 19.4. The first-order valence-corrected chi connectivity index (χ1v) is 4.77. The molecule has 0 aliphatic carbocycles. The molecule has 20 heavy (non-hydrogen) atoms. The minimum atomic E-state index is -5.11. The second-order valence-corrected chi connectivity index (χ2v) is 3.16. The lowest BCUT2D eigenvalue weighted by molar-refractivity contribution is -0.385. The van der Waals surface area contributed by atoms with Gasteiger partial charge in [-0.3, -0.25) is 10.1 Å². The number of esters is 1. The topological polar surface area (TPSA) is 101 Å². The third-order valence-corrected chi connectivity index (χ3v) is 1.94. The summed E-state index contributed by atoms with van der Waals surface area (Å²) >= 11 is 0. The zero-order chi connectivity index (χ0) is 15.5. The summed E-state index contributed by atoms with van der Waals surface area (Å²) in [7, 11) is 1.85. The molecule has 0 saturated heterocycles. The molecule has 0 atom stereocenters. The molecule has 11 heteroatoms. The molecule has 0 N–H and O–H groups in total. The molecule has 0 amide bonds. The van der Waals surface area contributed by atoms with Gasteiger partial charge in [-0.15, -0.1) is 13.2 Å². The van der Waals surface area contributed by atoms with E-state index in [1.807, 2.05) is 0 Å². The quantitative estimate of drug-likeness (QED) is 0.473. The number of nitrogens with zero attached hydrogens (tertiary/aromatic N) is 2. The Morgan fingerprint density at radius 1 is 1.40 bits per heavy atom. The third-order valence-electron chi connectivity index (χ3n) is 1.94. The Morgan fingerprint density at radius 2 is 2.00 bits per heavy atom. The van der Waals surface area contributed by atoms with Gasteiger partial charge in [-0.1, -0.05) is 0 Å². The van der Waals surface area contributed by atoms with E-state index in [4.69, 9.17) is 0 Å². The number of halogens is 3. The van der Waals surface area contributed by atoms with Crippen LogP contribution in [-0.2, 0) is 4.74 Å². The maximum Gasteiger partial charge on any atom is 0.574 e. The van der Waals surface area contributed by atoms with Crippen molar-refractivity contribution in [2.24, 2.45) is 0 Å². The standard InChI is InChI=1S/C9H7F3N2O6/c1-18-5-3-4(14(16)17)6(8(15)19-2)13-7(5)20-9(10,11)12/h3H,1-2H3. The predicted molar refractivity (Wildman–Crippen MR) is 55.5 cm³/mol. The summed E-state index contributed by atoms with van der Waals surface area (Å²) in [5, 5.41) is 10.7. The summed E-state index contributed by atoms with van der Waals surface area (Å²) in [6.07, 6.45) is -5.11. The van der Waals surface area contributed by atoms with Gasteiger partial charge < -0.3 is 14.2 Å². The lowest BCUT2D eigenvalue weighted by atomic mass is 10.3. The number of carbonyl (C=O) groups excluding carboxylic acids is 1. The maximum atomic E-state index is 12.2. The van der Waals surface area contributed by atoms with E-state index in [1.54, 1.807) is 0 Å². The number of alkyl halides is 3. The minimum Gasteiger partial charge on any atom is -0.491 e. The Morgan fingerprint density at radius 3 is 2.40 bits per heavy atom. The van der Waals surface area contributed by atoms with Crippen LogP contribution in [0, 0.1) is 10.1 Å². The number of ether oxygens (including phenoxy) is 3. The summed E-state index contributed by atoms with van der Waals surface area (Å²) in [6, 6.07) is 0.584. The number of aromatic nitrogens is 1. The van der Waals surface area contributed by atoms with E-state index in [0.717, 1.165) is 14.2 Å². The van der Waals surface area contributed by atoms with Crippen molar-refractivity contribution in [3.63, 3.8) is 0 Å². The smallest absolute Gasteiger partial charge is 0.491 e. The fourth-order valence-corrected chi connectivity index (χ4v) is 1.18. The van der Waals surface area contributed by atoms with Crippen molar-refractivity contribution in [2.75, 3.05) is 14.2 Å². The second-order valence-electron chi connectivity index (χ2n) is 3.16. The fourth-order valence-electron chi connectivity index (χ4n) is 1.18. The molecule has 0 aliphatic rings. The number of pyridine rings is 1. The van der Waals surface area contributed by atoms with Crippen molar-refractivity contribution in [1.29, 1.82) is 0 Å². The van der Waals surface area contributed by atoms with E-state index >= 15 is 0 Å². The minimum absolute atomic E-state index is 0.584. The van der Waals surface area contributed by atoms with Crippen molar-refractivity contribution in [2.45, 2.75) is 6.36 Å². The monoisotopic (exact) mass is 296 g/mol. The number of carbonyl (C=O) groups is 1. The van der Waals surface area contributed by atoms with Crippen LogP contribution in [0.1, 0.15) is 10.5 Å². The van der Waals surface area contributed by atoms with E-state index in [9.17, 15) is 28.1 Å². The van der Waals surface area contributed by atoms with Gasteiger partial charge in [0, 0.05) is 0 Å². The highest BCUT2D eigenvalue weighted by Crippen LogP contribution is 2.34. The van der Waals surface area contributed by atoms with Gasteiger partial charge in [-0.25, -0.2) is 4.79 Å². The van der Waals surface area contributed by atoms with E-state index in [0.29, 0.717) is 6.07 Å². The zero-order valence-corrected chi connectivity index (χ0v) is 10.1. The average molecular weight is 296 g/mol. The molecule has 0 radical (unpaired) electrons. The second kappa shape index (κ2) is 5.59. The van der Waals surface area contributed by atoms with Gasteiger partial charge in [0.1, 0.15) is 0 Å². The van der Waals surface area contributed by atoms with Crippen LogP contribution >= 0.6 is 0 Å². The molecule has 1 rings (SSSR count). The summed E-state index contributed by atoms with van der Waals surface area (Å²) in [5.74, 6) is -3.07. The summed E-state index contributed by atoms with van der Waals surface area (Å²) < 4.78 is 48.7. The largest absolute Gasteiger partial charge is 0.574 e. The summed E-state index contributed by atoms with van der Waals surface area (Å²) in [5.41, 5.74) is -1.80. The number of hydrogen-bond donors (Lipinski definition) is 0. The van der Waals surface area contributed by atoms with Gasteiger partial charge in [-0.2, -0.15) is 4.98 Å². The first-order valence-electron chi connectivity index (χ1n) is 4.77. The predicted octanol–water partition coefficient (Wildman–Crippen LogP) is 1.68. The Kier molecular flexibility index (Phi) is 4.32. The van der Waals surface area contributed by atoms with Crippen molar-refractivity contribution in [1.82, 2.24) is 4.98 Å². The zero-order valence-electron chi connectivity index (χ0n) is 10.1. The summed E-state index contributed by atoms with van der Waals surface area (Å²) in [6.45, 7) is 0. The van der Waals surface area contributed by atoms with Crippen LogP contribution in [0.4, 0.5) is 18.9 Å². The normalized spacial score (nSPS) is 10.8. The molecule has 0 spiro atoms. The Balaban J connectivity index is 3.45. The Hall–Kier alpha value is -2.59. The molecule has 0 aromatic carbocycles. The van der Waals surface area contributed by atoms with Crippen LogP contribution in [0.5, 0.6) is 11.6 Å². The molecule has 0 unspecified atom stereocenters. The number of hydrogen-bond acceptors (Lipinski definition) is 7. The highest BCUT2D eigenvalue weighted by molar-refractivity contribution is 5.92. The van der Waals surface area contributed by atoms with E-state index in [-0.39, 0.29) is 0 Å². The molecule has 0 fully saturated rings. The van der Waals surface area contributed by atoms with Crippen molar-refractivity contribution < 1.29 is 37.1 Å². The highest BCUT2D eigenvalue weighted by Gasteiger charge is 2.36. The first kappa shape index (κ1) is 15.5. The van der Waals surface area contributed by atoms with Crippen LogP contribution in [0.3, 0.4) is 0 Å². The third kappa shape index (κ3) is 3.46. The van der Waals surface area contributed by atoms with Crippen LogP contribution < -0.4 is 9.47 Å². The Labute approximate surface area is 109 Å². The lowest BCUT2D eigenvalue weighted by Gasteiger charge is -2.12. The van der Waals surface area contributed by atoms with Gasteiger partial charge in [0.05, 0.1) is 25.2 Å². The SMILES string of the molecule is COC(=O)c1nc(OC(F)(F)F)c(OC)cc1[N+](=O)[O-]. The first-order chi connectivity index (χ1) is 9.19. The molecule has 8 nitrogen and oxygen atoms in total. The lowest BCUT2D eigenvalue weighted by Crippen LogP contribution is -2.20. The molecule has 0 saturated carbocycles. The number of rotatable bonds is 4. The molecule has 0 bridgehead atoms. The number of methoxy groups -OCH3 is 2. The van der Waals surface area contributed by atoms with Crippen LogP contribution in [-0.4, -0.2) is 36.5 Å². The van der Waals surface area contributed by atoms with Crippen molar-refractivity contribution in [3.8, 4) is 11.6 Å². The van der Waals surface area contributed by atoms with E-state index < -0.39 is 40.3 Å². The van der Waals surface area contributed by atoms with Gasteiger partial charge in [-0.05, 0) is 0 Å². The van der Waals surface area contributed by atoms with Crippen LogP contribution in [0.25, 0.3) is 0 Å².